The Kier molecular flexibility index (Phi) is 51.9. The Hall–Kier alpha value is -2.40. The van der Waals surface area contributed by atoms with E-state index in [0.29, 0.717) is 19.4 Å². The van der Waals surface area contributed by atoms with Gasteiger partial charge in [-0.15, -0.1) is 0 Å². The van der Waals surface area contributed by atoms with Gasteiger partial charge >= 0.3 is 11.9 Å². The quantitative estimate of drug-likeness (QED) is 0.0346. The Balaban J connectivity index is 4.28. The highest BCUT2D eigenvalue weighted by atomic mass is 16.6. The molecule has 0 saturated heterocycles. The van der Waals surface area contributed by atoms with Gasteiger partial charge in [0.15, 0.2) is 6.10 Å². The number of carbonyl (C=O) groups is 2. The summed E-state index contributed by atoms with van der Waals surface area (Å²) in [6.45, 7) is 7.72. The van der Waals surface area contributed by atoms with Crippen molar-refractivity contribution in [2.75, 3.05) is 19.8 Å². The summed E-state index contributed by atoms with van der Waals surface area (Å²) < 4.78 is 17.4. The number of ether oxygens (including phenoxy) is 3. The van der Waals surface area contributed by atoms with Gasteiger partial charge in [-0.05, 0) is 64.2 Å². The molecule has 0 aliphatic carbocycles. The van der Waals surface area contributed by atoms with Crippen molar-refractivity contribution in [3.63, 3.8) is 0 Å². The number of unbranched alkanes of at least 4 members (excludes halogenated alkanes) is 29. The zero-order valence-electron chi connectivity index (χ0n) is 42.1. The summed E-state index contributed by atoms with van der Waals surface area (Å²) in [7, 11) is 0. The van der Waals surface area contributed by atoms with Crippen LogP contribution in [0.5, 0.6) is 0 Å². The fourth-order valence-corrected chi connectivity index (χ4v) is 7.77. The number of hydrogen-bond donors (Lipinski definition) is 0. The van der Waals surface area contributed by atoms with Crippen LogP contribution < -0.4 is 0 Å². The highest BCUT2D eigenvalue weighted by Crippen LogP contribution is 2.16. The van der Waals surface area contributed by atoms with Crippen LogP contribution in [-0.4, -0.2) is 37.9 Å². The normalized spacial score (nSPS) is 12.6. The molecule has 0 aliphatic heterocycles. The highest BCUT2D eigenvalue weighted by Gasteiger charge is 2.17. The minimum atomic E-state index is -0.546. The first kappa shape index (κ1) is 60.6. The molecule has 0 spiro atoms. The number of allylic oxidation sites excluding steroid dienone is 10. The molecule has 0 aromatic heterocycles. The highest BCUT2D eigenvalue weighted by molar-refractivity contribution is 5.70. The summed E-state index contributed by atoms with van der Waals surface area (Å²) in [4.78, 5) is 25.4. The van der Waals surface area contributed by atoms with Crippen LogP contribution in [0, 0.1) is 0 Å². The lowest BCUT2D eigenvalue weighted by atomic mass is 10.0. The lowest BCUT2D eigenvalue weighted by Crippen LogP contribution is -2.30. The van der Waals surface area contributed by atoms with E-state index >= 15 is 0 Å². The van der Waals surface area contributed by atoms with Crippen LogP contribution >= 0.6 is 0 Å². The molecule has 0 heterocycles. The third-order valence-corrected chi connectivity index (χ3v) is 11.8. The van der Waals surface area contributed by atoms with E-state index in [1.807, 2.05) is 0 Å². The number of esters is 2. The Morgan fingerprint density at radius 1 is 0.365 bits per heavy atom. The van der Waals surface area contributed by atoms with E-state index in [2.05, 4.69) is 81.5 Å². The summed E-state index contributed by atoms with van der Waals surface area (Å²) in [6, 6.07) is 0. The lowest BCUT2D eigenvalue weighted by Gasteiger charge is -2.18. The van der Waals surface area contributed by atoms with Crippen LogP contribution in [0.25, 0.3) is 0 Å². The molecule has 5 nitrogen and oxygen atoms in total. The molecule has 0 aromatic rings. The molecule has 0 unspecified atom stereocenters. The second-order valence-corrected chi connectivity index (χ2v) is 18.1. The molecule has 0 aliphatic rings. The minimum absolute atomic E-state index is 0.0714. The van der Waals surface area contributed by atoms with Crippen LogP contribution in [0.3, 0.4) is 0 Å². The van der Waals surface area contributed by atoms with E-state index < -0.39 is 6.10 Å². The van der Waals surface area contributed by atoms with Crippen LogP contribution in [0.15, 0.2) is 60.8 Å². The average Bonchev–Trinajstić information content (AvgIpc) is 3.28. The van der Waals surface area contributed by atoms with Crippen molar-refractivity contribution in [2.24, 2.45) is 0 Å². The molecular formula is C58H104O5. The average molecular weight is 881 g/mol. The maximum Gasteiger partial charge on any atom is 0.306 e. The standard InChI is InChI=1S/C58H104O5/c1-4-7-10-13-16-19-22-25-27-29-30-31-32-34-37-39-42-45-48-51-57(59)62-55-56(63-58(60)52-49-46-43-40-36-24-21-18-15-12-9-6-3)54-61-53-50-47-44-41-38-35-33-28-26-23-20-17-14-11-8-5-2/h7,10,16,19,25,27,30-31,34,37,56H,4-6,8-9,11-15,17-18,20-24,26,28-29,32-33,35-36,38-55H2,1-3H3/b10-7-,19-16-,27-25-,31-30-,37-34-/t56-/m1/s1. The summed E-state index contributed by atoms with van der Waals surface area (Å²) in [5.74, 6) is -0.422. The van der Waals surface area contributed by atoms with Gasteiger partial charge in [0.2, 0.25) is 0 Å². The van der Waals surface area contributed by atoms with Crippen molar-refractivity contribution < 1.29 is 23.8 Å². The molecule has 0 aromatic carbocycles. The van der Waals surface area contributed by atoms with E-state index in [0.717, 1.165) is 83.5 Å². The molecule has 0 rings (SSSR count). The fraction of sp³-hybridized carbons (Fsp3) is 0.793. The lowest BCUT2D eigenvalue weighted by molar-refractivity contribution is -0.163. The van der Waals surface area contributed by atoms with E-state index in [4.69, 9.17) is 14.2 Å². The van der Waals surface area contributed by atoms with E-state index in [1.54, 1.807) is 0 Å². The topological polar surface area (TPSA) is 61.8 Å². The van der Waals surface area contributed by atoms with Crippen molar-refractivity contribution in [3.8, 4) is 0 Å². The maximum absolute atomic E-state index is 12.8. The van der Waals surface area contributed by atoms with Gasteiger partial charge in [-0.2, -0.15) is 0 Å². The summed E-state index contributed by atoms with van der Waals surface area (Å²) in [5.41, 5.74) is 0. The molecule has 0 saturated carbocycles. The van der Waals surface area contributed by atoms with Gasteiger partial charge in [0.05, 0.1) is 6.61 Å². The largest absolute Gasteiger partial charge is 0.462 e. The van der Waals surface area contributed by atoms with Gasteiger partial charge in [-0.3, -0.25) is 9.59 Å². The zero-order chi connectivity index (χ0) is 45.6. The summed E-state index contributed by atoms with van der Waals surface area (Å²) in [6.07, 6.45) is 68.0. The number of rotatable bonds is 50. The Bertz CT molecular complexity index is 1090. The Morgan fingerprint density at radius 3 is 1.14 bits per heavy atom. The molecule has 63 heavy (non-hydrogen) atoms. The molecule has 5 heteroatoms. The van der Waals surface area contributed by atoms with Crippen molar-refractivity contribution in [1.82, 2.24) is 0 Å². The number of carbonyl (C=O) groups excluding carboxylic acids is 2. The van der Waals surface area contributed by atoms with Crippen molar-refractivity contribution >= 4 is 11.9 Å². The van der Waals surface area contributed by atoms with Crippen LogP contribution in [0.2, 0.25) is 0 Å². The molecular weight excluding hydrogens is 777 g/mol. The third-order valence-electron chi connectivity index (χ3n) is 11.8. The second-order valence-electron chi connectivity index (χ2n) is 18.1. The summed E-state index contributed by atoms with van der Waals surface area (Å²) >= 11 is 0. The molecule has 1 atom stereocenters. The van der Waals surface area contributed by atoms with Gasteiger partial charge in [0, 0.05) is 19.4 Å². The smallest absolute Gasteiger partial charge is 0.306 e. The Labute approximate surface area is 392 Å². The van der Waals surface area contributed by atoms with Crippen LogP contribution in [0.4, 0.5) is 0 Å². The third kappa shape index (κ3) is 52.1. The molecule has 0 fully saturated rings. The number of hydrogen-bond acceptors (Lipinski definition) is 5. The second kappa shape index (κ2) is 53.9. The molecule has 0 bridgehead atoms. The maximum atomic E-state index is 12.8. The van der Waals surface area contributed by atoms with Crippen molar-refractivity contribution in [3.05, 3.63) is 60.8 Å². The predicted octanol–water partition coefficient (Wildman–Crippen LogP) is 18.5. The van der Waals surface area contributed by atoms with Crippen molar-refractivity contribution in [2.45, 2.75) is 277 Å². The fourth-order valence-electron chi connectivity index (χ4n) is 7.77. The molecule has 0 N–H and O–H groups in total. The molecule has 0 radical (unpaired) electrons. The minimum Gasteiger partial charge on any atom is -0.462 e. The zero-order valence-corrected chi connectivity index (χ0v) is 42.1. The summed E-state index contributed by atoms with van der Waals surface area (Å²) in [5, 5.41) is 0. The van der Waals surface area contributed by atoms with Crippen LogP contribution in [0.1, 0.15) is 271 Å². The SMILES string of the molecule is CC/C=C\C/C=C\C/C=C\C/C=C\C/C=C\CCCCCC(=O)OC[C@@H](COCCCCCCCCCCCCCCCCCC)OC(=O)CCCCCCCCCCCCCC. The first-order valence-corrected chi connectivity index (χ1v) is 27.3. The van der Waals surface area contributed by atoms with Gasteiger partial charge in [0.25, 0.3) is 0 Å². The van der Waals surface area contributed by atoms with Gasteiger partial charge in [-0.25, -0.2) is 0 Å². The first-order valence-electron chi connectivity index (χ1n) is 27.3. The van der Waals surface area contributed by atoms with Gasteiger partial charge in [0.1, 0.15) is 6.61 Å². The first-order chi connectivity index (χ1) is 31.1. The molecule has 0 amide bonds. The Morgan fingerprint density at radius 2 is 0.714 bits per heavy atom. The van der Waals surface area contributed by atoms with Crippen LogP contribution in [-0.2, 0) is 23.8 Å². The van der Waals surface area contributed by atoms with Gasteiger partial charge in [-0.1, -0.05) is 255 Å². The van der Waals surface area contributed by atoms with Crippen molar-refractivity contribution in [1.29, 1.82) is 0 Å². The monoisotopic (exact) mass is 881 g/mol. The predicted molar refractivity (Wildman–Crippen MR) is 274 cm³/mol. The van der Waals surface area contributed by atoms with E-state index in [9.17, 15) is 9.59 Å². The van der Waals surface area contributed by atoms with Gasteiger partial charge < -0.3 is 14.2 Å². The van der Waals surface area contributed by atoms with E-state index in [-0.39, 0.29) is 25.2 Å². The van der Waals surface area contributed by atoms with E-state index in [1.165, 1.54) is 154 Å². The molecule has 366 valence electrons.